The quantitative estimate of drug-likeness (QED) is 0.655. The Labute approximate surface area is 158 Å². The third-order valence-electron chi connectivity index (χ3n) is 4.00. The van der Waals surface area contributed by atoms with Gasteiger partial charge in [0.2, 0.25) is 10.0 Å². The number of hydrogen-bond donors (Lipinski definition) is 2. The average Bonchev–Trinajstić information content (AvgIpc) is 3.20. The van der Waals surface area contributed by atoms with Gasteiger partial charge in [0.1, 0.15) is 5.76 Å². The minimum atomic E-state index is -3.75. The van der Waals surface area contributed by atoms with Crippen molar-refractivity contribution in [2.45, 2.75) is 24.9 Å². The second-order valence-corrected chi connectivity index (χ2v) is 7.87. The third kappa shape index (κ3) is 5.06. The van der Waals surface area contributed by atoms with E-state index in [4.69, 9.17) is 4.42 Å². The maximum absolute atomic E-state index is 12.4. The van der Waals surface area contributed by atoms with Crippen LogP contribution in [0.5, 0.6) is 0 Å². The molecule has 140 valence electrons. The van der Waals surface area contributed by atoms with Crippen LogP contribution in [0.2, 0.25) is 0 Å². The highest BCUT2D eigenvalue weighted by Gasteiger charge is 2.16. The smallest absolute Gasteiger partial charge is 0.251 e. The van der Waals surface area contributed by atoms with E-state index in [1.165, 1.54) is 18.4 Å². The monoisotopic (exact) mass is 384 g/mol. The van der Waals surface area contributed by atoms with Crippen molar-refractivity contribution in [1.82, 2.24) is 10.0 Å². The number of hydrogen-bond acceptors (Lipinski definition) is 4. The molecule has 1 amide bonds. The topological polar surface area (TPSA) is 88.4 Å². The van der Waals surface area contributed by atoms with Crippen molar-refractivity contribution in [1.29, 1.82) is 0 Å². The molecule has 0 bridgehead atoms. The Kier molecular flexibility index (Phi) is 5.73. The van der Waals surface area contributed by atoms with Gasteiger partial charge < -0.3 is 9.73 Å². The maximum Gasteiger partial charge on any atom is 0.251 e. The fourth-order valence-electron chi connectivity index (χ4n) is 2.46. The first-order chi connectivity index (χ1) is 12.9. The van der Waals surface area contributed by atoms with E-state index in [1.54, 1.807) is 24.3 Å². The minimum Gasteiger partial charge on any atom is -0.468 e. The first-order valence-corrected chi connectivity index (χ1v) is 9.88. The van der Waals surface area contributed by atoms with Gasteiger partial charge in [-0.1, -0.05) is 35.9 Å². The minimum absolute atomic E-state index is 0.0250. The van der Waals surface area contributed by atoms with Crippen LogP contribution in [0, 0.1) is 6.92 Å². The van der Waals surface area contributed by atoms with Crippen molar-refractivity contribution in [2.75, 3.05) is 0 Å². The molecule has 0 aliphatic rings. The van der Waals surface area contributed by atoms with E-state index in [-0.39, 0.29) is 22.9 Å². The highest BCUT2D eigenvalue weighted by molar-refractivity contribution is 7.89. The molecule has 27 heavy (non-hydrogen) atoms. The van der Waals surface area contributed by atoms with Gasteiger partial charge in [-0.2, -0.15) is 0 Å². The van der Waals surface area contributed by atoms with Gasteiger partial charge in [0, 0.05) is 12.1 Å². The van der Waals surface area contributed by atoms with Crippen molar-refractivity contribution >= 4 is 15.9 Å². The average molecular weight is 384 g/mol. The SMILES string of the molecule is Cc1ccc(CNC(=O)c2cccc(S(=O)(=O)NCc3ccco3)c2)cc1. The summed E-state index contributed by atoms with van der Waals surface area (Å²) in [6.45, 7) is 2.40. The molecule has 0 spiro atoms. The number of aryl methyl sites for hydroxylation is 1. The Balaban J connectivity index is 1.66. The maximum atomic E-state index is 12.4. The predicted octanol–water partition coefficient (Wildman–Crippen LogP) is 3.00. The predicted molar refractivity (Wildman–Crippen MR) is 102 cm³/mol. The lowest BCUT2D eigenvalue weighted by molar-refractivity contribution is 0.0950. The molecule has 1 heterocycles. The lowest BCUT2D eigenvalue weighted by Crippen LogP contribution is -2.25. The van der Waals surface area contributed by atoms with Crippen LogP contribution in [0.25, 0.3) is 0 Å². The lowest BCUT2D eigenvalue weighted by Gasteiger charge is -2.09. The molecule has 6 nitrogen and oxygen atoms in total. The van der Waals surface area contributed by atoms with Gasteiger partial charge in [-0.15, -0.1) is 0 Å². The van der Waals surface area contributed by atoms with Crippen LogP contribution in [0.15, 0.2) is 76.2 Å². The molecule has 3 rings (SSSR count). The Morgan fingerprint density at radius 1 is 1.00 bits per heavy atom. The summed E-state index contributed by atoms with van der Waals surface area (Å²) >= 11 is 0. The van der Waals surface area contributed by atoms with E-state index >= 15 is 0 Å². The molecule has 0 aliphatic heterocycles. The van der Waals surface area contributed by atoms with Crippen LogP contribution in [0.3, 0.4) is 0 Å². The first-order valence-electron chi connectivity index (χ1n) is 8.40. The van der Waals surface area contributed by atoms with Crippen molar-refractivity contribution < 1.29 is 17.6 Å². The summed E-state index contributed by atoms with van der Waals surface area (Å²) in [5.74, 6) is 0.171. The molecular formula is C20H20N2O4S. The number of carbonyl (C=O) groups is 1. The molecule has 0 fully saturated rings. The zero-order chi connectivity index (χ0) is 19.3. The molecule has 2 N–H and O–H groups in total. The van der Waals surface area contributed by atoms with E-state index in [0.29, 0.717) is 12.3 Å². The van der Waals surface area contributed by atoms with Gasteiger partial charge in [-0.3, -0.25) is 4.79 Å². The lowest BCUT2D eigenvalue weighted by atomic mass is 10.1. The highest BCUT2D eigenvalue weighted by atomic mass is 32.2. The van der Waals surface area contributed by atoms with E-state index < -0.39 is 10.0 Å². The molecule has 0 saturated heterocycles. The molecule has 2 aromatic carbocycles. The number of nitrogens with one attached hydrogen (secondary N) is 2. The van der Waals surface area contributed by atoms with E-state index in [0.717, 1.165) is 11.1 Å². The Morgan fingerprint density at radius 2 is 1.78 bits per heavy atom. The molecule has 0 unspecified atom stereocenters. The number of amides is 1. The molecule has 0 atom stereocenters. The van der Waals surface area contributed by atoms with Crippen molar-refractivity contribution in [3.63, 3.8) is 0 Å². The van der Waals surface area contributed by atoms with Crippen molar-refractivity contribution in [3.05, 3.63) is 89.4 Å². The number of furan rings is 1. The third-order valence-corrected chi connectivity index (χ3v) is 5.40. The van der Waals surface area contributed by atoms with Crippen LogP contribution in [-0.4, -0.2) is 14.3 Å². The van der Waals surface area contributed by atoms with Crippen LogP contribution in [-0.2, 0) is 23.1 Å². The molecule has 0 radical (unpaired) electrons. The Morgan fingerprint density at radius 3 is 2.48 bits per heavy atom. The normalized spacial score (nSPS) is 11.3. The first kappa shape index (κ1) is 18.9. The zero-order valence-electron chi connectivity index (χ0n) is 14.8. The fraction of sp³-hybridized carbons (Fsp3) is 0.150. The van der Waals surface area contributed by atoms with Gasteiger partial charge in [-0.25, -0.2) is 13.1 Å². The fourth-order valence-corrected chi connectivity index (χ4v) is 3.50. The molecule has 3 aromatic rings. The van der Waals surface area contributed by atoms with Crippen LogP contribution in [0.4, 0.5) is 0 Å². The number of sulfonamides is 1. The summed E-state index contributed by atoms with van der Waals surface area (Å²) in [5, 5.41) is 2.80. The number of benzene rings is 2. The summed E-state index contributed by atoms with van der Waals surface area (Å²) in [7, 11) is -3.75. The molecule has 0 saturated carbocycles. The van der Waals surface area contributed by atoms with Crippen molar-refractivity contribution in [3.8, 4) is 0 Å². The van der Waals surface area contributed by atoms with Crippen molar-refractivity contribution in [2.24, 2.45) is 0 Å². The second kappa shape index (κ2) is 8.20. The Hall–Kier alpha value is -2.90. The van der Waals surface area contributed by atoms with Gasteiger partial charge in [0.05, 0.1) is 17.7 Å². The van der Waals surface area contributed by atoms with E-state index in [9.17, 15) is 13.2 Å². The van der Waals surface area contributed by atoms with Crippen LogP contribution in [0.1, 0.15) is 27.2 Å². The van der Waals surface area contributed by atoms with Gasteiger partial charge in [0.25, 0.3) is 5.91 Å². The molecule has 1 aromatic heterocycles. The van der Waals surface area contributed by atoms with E-state index in [1.807, 2.05) is 31.2 Å². The summed E-state index contributed by atoms with van der Waals surface area (Å²) in [6, 6.07) is 17.1. The largest absolute Gasteiger partial charge is 0.468 e. The van der Waals surface area contributed by atoms with Crippen LogP contribution < -0.4 is 10.0 Å². The number of rotatable bonds is 7. The second-order valence-electron chi connectivity index (χ2n) is 6.10. The van der Waals surface area contributed by atoms with Gasteiger partial charge in [-0.05, 0) is 42.8 Å². The number of carbonyl (C=O) groups excluding carboxylic acids is 1. The van der Waals surface area contributed by atoms with Gasteiger partial charge >= 0.3 is 0 Å². The molecule has 7 heteroatoms. The van der Waals surface area contributed by atoms with Gasteiger partial charge in [0.15, 0.2) is 0 Å². The summed E-state index contributed by atoms with van der Waals surface area (Å²) in [6.07, 6.45) is 1.47. The summed E-state index contributed by atoms with van der Waals surface area (Å²) in [4.78, 5) is 12.4. The zero-order valence-corrected chi connectivity index (χ0v) is 15.6. The highest BCUT2D eigenvalue weighted by Crippen LogP contribution is 2.13. The molecule has 0 aliphatic carbocycles. The standard InChI is InChI=1S/C20H20N2O4S/c1-15-7-9-16(10-8-15)13-21-20(23)17-4-2-6-19(12-17)27(24,25)22-14-18-5-3-11-26-18/h2-12,22H,13-14H2,1H3,(H,21,23). The Bertz CT molecular complexity index is 1010. The van der Waals surface area contributed by atoms with E-state index in [2.05, 4.69) is 10.0 Å². The van der Waals surface area contributed by atoms with Crippen LogP contribution >= 0.6 is 0 Å². The molecular weight excluding hydrogens is 364 g/mol. The summed E-state index contributed by atoms with van der Waals surface area (Å²) < 4.78 is 32.4. The summed E-state index contributed by atoms with van der Waals surface area (Å²) in [5.41, 5.74) is 2.39.